The number of Topliss-reactive ketones (excluding diaryl/α,β-unsaturated/α-hetero) is 2. The molecule has 0 spiro atoms. The van der Waals surface area contributed by atoms with Crippen molar-refractivity contribution in [1.82, 2.24) is 0 Å². The summed E-state index contributed by atoms with van der Waals surface area (Å²) in [6, 6.07) is 0. The van der Waals surface area contributed by atoms with Crippen LogP contribution in [0, 0.1) is 5.41 Å². The van der Waals surface area contributed by atoms with Crippen molar-refractivity contribution in [3.63, 3.8) is 0 Å². The highest BCUT2D eigenvalue weighted by molar-refractivity contribution is 6.06. The molecule has 0 aliphatic rings. The van der Waals surface area contributed by atoms with Crippen LogP contribution >= 0.6 is 0 Å². The molecule has 0 saturated carbocycles. The van der Waals surface area contributed by atoms with Gasteiger partial charge < -0.3 is 4.74 Å². The van der Waals surface area contributed by atoms with Gasteiger partial charge in [-0.3, -0.25) is 14.4 Å². The number of rotatable bonds is 5. The molecular weight excluding hydrogens is 196 g/mol. The highest BCUT2D eigenvalue weighted by Gasteiger charge is 2.24. The van der Waals surface area contributed by atoms with Gasteiger partial charge in [0.05, 0.1) is 13.0 Å². The van der Waals surface area contributed by atoms with Gasteiger partial charge in [-0.15, -0.1) is 0 Å². The van der Waals surface area contributed by atoms with Crippen molar-refractivity contribution < 1.29 is 19.1 Å². The molecule has 0 radical (unpaired) electrons. The fourth-order valence-electron chi connectivity index (χ4n) is 0.880. The maximum absolute atomic E-state index is 11.4. The van der Waals surface area contributed by atoms with Crippen LogP contribution < -0.4 is 0 Å². The van der Waals surface area contributed by atoms with E-state index < -0.39 is 11.4 Å². The Hall–Kier alpha value is -1.19. The van der Waals surface area contributed by atoms with Crippen molar-refractivity contribution in [1.29, 1.82) is 0 Å². The molecule has 0 aromatic heterocycles. The molecule has 0 bridgehead atoms. The highest BCUT2D eigenvalue weighted by Crippen LogP contribution is 2.17. The van der Waals surface area contributed by atoms with Gasteiger partial charge in [-0.05, 0) is 6.92 Å². The van der Waals surface area contributed by atoms with Crippen LogP contribution in [-0.4, -0.2) is 24.1 Å². The predicted octanol–water partition coefficient (Wildman–Crippen LogP) is 1.51. The predicted molar refractivity (Wildman–Crippen MR) is 55.3 cm³/mol. The van der Waals surface area contributed by atoms with Gasteiger partial charge in [-0.25, -0.2) is 0 Å². The number of ketones is 2. The van der Waals surface area contributed by atoms with Crippen LogP contribution in [0.25, 0.3) is 0 Å². The van der Waals surface area contributed by atoms with Gasteiger partial charge in [0.2, 0.25) is 0 Å². The Bertz CT molecular complexity index is 260. The fourth-order valence-corrected chi connectivity index (χ4v) is 0.880. The Balaban J connectivity index is 4.05. The molecule has 4 heteroatoms. The molecule has 0 fully saturated rings. The second kappa shape index (κ2) is 5.63. The zero-order valence-electron chi connectivity index (χ0n) is 9.75. The Kier molecular flexibility index (Phi) is 5.19. The largest absolute Gasteiger partial charge is 0.466 e. The minimum atomic E-state index is -0.566. The van der Waals surface area contributed by atoms with E-state index in [1.807, 2.05) is 0 Å². The molecule has 0 aromatic rings. The molecule has 15 heavy (non-hydrogen) atoms. The first-order valence-corrected chi connectivity index (χ1v) is 4.98. The SMILES string of the molecule is CCOC(=O)CC(=O)CC(=O)C(C)(C)C. The molecule has 4 nitrogen and oxygen atoms in total. The monoisotopic (exact) mass is 214 g/mol. The lowest BCUT2D eigenvalue weighted by Crippen LogP contribution is -2.24. The first kappa shape index (κ1) is 13.8. The Morgan fingerprint density at radius 2 is 1.60 bits per heavy atom. The van der Waals surface area contributed by atoms with E-state index in [1.54, 1.807) is 27.7 Å². The first-order chi connectivity index (χ1) is 6.77. The molecule has 0 aliphatic carbocycles. The lowest BCUT2D eigenvalue weighted by atomic mass is 9.87. The maximum atomic E-state index is 11.4. The normalized spacial score (nSPS) is 10.9. The standard InChI is InChI=1S/C11H18O4/c1-5-15-10(14)7-8(12)6-9(13)11(2,3)4/h5-7H2,1-4H3. The third-order valence-electron chi connectivity index (χ3n) is 1.84. The van der Waals surface area contributed by atoms with Crippen molar-refractivity contribution in [2.24, 2.45) is 5.41 Å². The third kappa shape index (κ3) is 5.99. The molecule has 0 heterocycles. The van der Waals surface area contributed by atoms with E-state index in [0.717, 1.165) is 0 Å². The van der Waals surface area contributed by atoms with Crippen molar-refractivity contribution >= 4 is 17.5 Å². The number of hydrogen-bond acceptors (Lipinski definition) is 4. The number of ether oxygens (including phenoxy) is 1. The average molecular weight is 214 g/mol. The molecule has 0 atom stereocenters. The fraction of sp³-hybridized carbons (Fsp3) is 0.727. The summed E-state index contributed by atoms with van der Waals surface area (Å²) >= 11 is 0. The molecule has 0 aromatic carbocycles. The minimum Gasteiger partial charge on any atom is -0.466 e. The number of esters is 1. The van der Waals surface area contributed by atoms with Gasteiger partial charge in [0.1, 0.15) is 12.2 Å². The van der Waals surface area contributed by atoms with Crippen molar-refractivity contribution in [3.8, 4) is 0 Å². The van der Waals surface area contributed by atoms with E-state index in [1.165, 1.54) is 0 Å². The highest BCUT2D eigenvalue weighted by atomic mass is 16.5. The van der Waals surface area contributed by atoms with Gasteiger partial charge in [-0.1, -0.05) is 20.8 Å². The summed E-state index contributed by atoms with van der Waals surface area (Å²) in [6.45, 7) is 7.15. The average Bonchev–Trinajstić information content (AvgIpc) is 2.01. The van der Waals surface area contributed by atoms with E-state index in [4.69, 9.17) is 0 Å². The van der Waals surface area contributed by atoms with E-state index in [2.05, 4.69) is 4.74 Å². The Labute approximate surface area is 90.0 Å². The van der Waals surface area contributed by atoms with Crippen molar-refractivity contribution in [3.05, 3.63) is 0 Å². The molecule has 0 unspecified atom stereocenters. The van der Waals surface area contributed by atoms with E-state index in [9.17, 15) is 14.4 Å². The quantitative estimate of drug-likeness (QED) is 0.514. The van der Waals surface area contributed by atoms with Gasteiger partial charge in [-0.2, -0.15) is 0 Å². The van der Waals surface area contributed by atoms with Crippen molar-refractivity contribution in [2.45, 2.75) is 40.5 Å². The van der Waals surface area contributed by atoms with Crippen LogP contribution in [0.3, 0.4) is 0 Å². The van der Waals surface area contributed by atoms with Gasteiger partial charge >= 0.3 is 5.97 Å². The summed E-state index contributed by atoms with van der Waals surface area (Å²) in [6.07, 6.45) is -0.502. The summed E-state index contributed by atoms with van der Waals surface area (Å²) in [5, 5.41) is 0. The minimum absolute atomic E-state index is 0.156. The van der Waals surface area contributed by atoms with Crippen LogP contribution in [0.5, 0.6) is 0 Å². The van der Waals surface area contributed by atoms with Crippen LogP contribution in [0.1, 0.15) is 40.5 Å². The zero-order chi connectivity index (χ0) is 12.1. The summed E-state index contributed by atoms with van der Waals surface area (Å²) in [4.78, 5) is 33.6. The third-order valence-corrected chi connectivity index (χ3v) is 1.84. The van der Waals surface area contributed by atoms with E-state index in [-0.39, 0.29) is 31.0 Å². The molecule has 0 N–H and O–H groups in total. The number of carbonyl (C=O) groups is 3. The van der Waals surface area contributed by atoms with Crippen LogP contribution in [-0.2, 0) is 19.1 Å². The summed E-state index contributed by atoms with van der Waals surface area (Å²) < 4.78 is 4.61. The smallest absolute Gasteiger partial charge is 0.313 e. The van der Waals surface area contributed by atoms with E-state index in [0.29, 0.717) is 0 Å². The second-order valence-electron chi connectivity index (χ2n) is 4.37. The van der Waals surface area contributed by atoms with Gasteiger partial charge in [0.25, 0.3) is 0 Å². The van der Waals surface area contributed by atoms with E-state index >= 15 is 0 Å². The molecular formula is C11H18O4. The zero-order valence-corrected chi connectivity index (χ0v) is 9.75. The molecule has 0 amide bonds. The summed E-state index contributed by atoms with van der Waals surface area (Å²) in [7, 11) is 0. The summed E-state index contributed by atoms with van der Waals surface area (Å²) in [5.41, 5.74) is -0.537. The molecule has 0 saturated heterocycles. The molecule has 0 aliphatic heterocycles. The van der Waals surface area contributed by atoms with Gasteiger partial charge in [0, 0.05) is 5.41 Å². The second-order valence-corrected chi connectivity index (χ2v) is 4.37. The number of hydrogen-bond donors (Lipinski definition) is 0. The lowest BCUT2D eigenvalue weighted by molar-refractivity contribution is -0.145. The molecule has 0 rings (SSSR count). The molecule has 86 valence electrons. The maximum Gasteiger partial charge on any atom is 0.313 e. The topological polar surface area (TPSA) is 60.4 Å². The number of carbonyl (C=O) groups excluding carboxylic acids is 3. The van der Waals surface area contributed by atoms with Gasteiger partial charge in [0.15, 0.2) is 5.78 Å². The lowest BCUT2D eigenvalue weighted by Gasteiger charge is -2.15. The Morgan fingerprint density at radius 3 is 2.00 bits per heavy atom. The van der Waals surface area contributed by atoms with Crippen molar-refractivity contribution in [2.75, 3.05) is 6.61 Å². The van der Waals surface area contributed by atoms with Crippen LogP contribution in [0.15, 0.2) is 0 Å². The first-order valence-electron chi connectivity index (χ1n) is 4.98. The Morgan fingerprint density at radius 1 is 1.07 bits per heavy atom. The van der Waals surface area contributed by atoms with Crippen LogP contribution in [0.4, 0.5) is 0 Å². The summed E-state index contributed by atoms with van der Waals surface area (Å²) in [5.74, 6) is -1.10. The van der Waals surface area contributed by atoms with Crippen LogP contribution in [0.2, 0.25) is 0 Å².